The van der Waals surface area contributed by atoms with E-state index in [0.29, 0.717) is 22.2 Å². The topological polar surface area (TPSA) is 80.2 Å². The quantitative estimate of drug-likeness (QED) is 0.902. The van der Waals surface area contributed by atoms with E-state index in [4.69, 9.17) is 0 Å². The van der Waals surface area contributed by atoms with E-state index in [2.05, 4.69) is 16.0 Å². The van der Waals surface area contributed by atoms with Crippen LogP contribution in [0.2, 0.25) is 0 Å². The number of amides is 1. The molecule has 0 radical (unpaired) electrons. The van der Waals surface area contributed by atoms with Crippen molar-refractivity contribution in [2.75, 3.05) is 32.1 Å². The van der Waals surface area contributed by atoms with Crippen molar-refractivity contribution in [2.24, 2.45) is 5.41 Å². The fourth-order valence-electron chi connectivity index (χ4n) is 3.98. The standard InChI is InChI=1S/C20H22N4O2/c1-23(2)19(26)13-3-4-16-14(11-13)17(15(12-21)18(25)22-16)24-9-7-20(5-6-20)8-10-24/h3-4,11H,5-10H2,1-2H3,(H,22,25). The Labute approximate surface area is 152 Å². The maximum atomic E-state index is 12.4. The third-order valence-corrected chi connectivity index (χ3v) is 5.85. The van der Waals surface area contributed by atoms with Crippen LogP contribution in [0.4, 0.5) is 5.69 Å². The highest BCUT2D eigenvalue weighted by Gasteiger charge is 2.44. The van der Waals surface area contributed by atoms with Crippen molar-refractivity contribution in [1.82, 2.24) is 9.88 Å². The number of hydrogen-bond acceptors (Lipinski definition) is 4. The molecule has 2 heterocycles. The molecule has 1 saturated heterocycles. The number of benzene rings is 1. The van der Waals surface area contributed by atoms with Crippen LogP contribution in [0.1, 0.15) is 41.6 Å². The molecule has 1 spiro atoms. The smallest absolute Gasteiger partial charge is 0.268 e. The summed E-state index contributed by atoms with van der Waals surface area (Å²) in [7, 11) is 3.42. The molecular weight excluding hydrogens is 328 g/mol. The zero-order valence-electron chi connectivity index (χ0n) is 15.1. The van der Waals surface area contributed by atoms with Crippen LogP contribution in [0.15, 0.2) is 23.0 Å². The Balaban J connectivity index is 1.87. The number of pyridine rings is 1. The van der Waals surface area contributed by atoms with Crippen LogP contribution in [0.25, 0.3) is 10.9 Å². The number of nitrogens with one attached hydrogen (secondary N) is 1. The van der Waals surface area contributed by atoms with Crippen LogP contribution in [-0.4, -0.2) is 43.0 Å². The molecule has 26 heavy (non-hydrogen) atoms. The lowest BCUT2D eigenvalue weighted by Gasteiger charge is -2.34. The van der Waals surface area contributed by atoms with Crippen molar-refractivity contribution in [2.45, 2.75) is 25.7 Å². The summed E-state index contributed by atoms with van der Waals surface area (Å²) >= 11 is 0. The largest absolute Gasteiger partial charge is 0.370 e. The Morgan fingerprint density at radius 3 is 2.50 bits per heavy atom. The van der Waals surface area contributed by atoms with Gasteiger partial charge in [-0.25, -0.2) is 0 Å². The molecule has 0 unspecified atom stereocenters. The summed E-state index contributed by atoms with van der Waals surface area (Å²) in [6.07, 6.45) is 4.79. The Kier molecular flexibility index (Phi) is 3.76. The monoisotopic (exact) mass is 350 g/mol. The van der Waals surface area contributed by atoms with Gasteiger partial charge in [-0.05, 0) is 49.3 Å². The number of rotatable bonds is 2. The molecule has 2 aliphatic rings. The molecule has 2 aromatic rings. The van der Waals surface area contributed by atoms with Crippen molar-refractivity contribution in [3.8, 4) is 6.07 Å². The maximum Gasteiger partial charge on any atom is 0.268 e. The van der Waals surface area contributed by atoms with Gasteiger partial charge in [0.15, 0.2) is 0 Å². The van der Waals surface area contributed by atoms with Crippen LogP contribution >= 0.6 is 0 Å². The minimum Gasteiger partial charge on any atom is -0.370 e. The Morgan fingerprint density at radius 2 is 1.92 bits per heavy atom. The number of nitrogens with zero attached hydrogens (tertiary/aromatic N) is 3. The summed E-state index contributed by atoms with van der Waals surface area (Å²) in [5.41, 5.74) is 2.16. The van der Waals surface area contributed by atoms with E-state index < -0.39 is 0 Å². The van der Waals surface area contributed by atoms with Gasteiger partial charge in [-0.2, -0.15) is 5.26 Å². The third-order valence-electron chi connectivity index (χ3n) is 5.85. The number of piperidine rings is 1. The highest BCUT2D eigenvalue weighted by atomic mass is 16.2. The third kappa shape index (κ3) is 2.64. The minimum atomic E-state index is -0.367. The van der Waals surface area contributed by atoms with Gasteiger partial charge in [-0.15, -0.1) is 0 Å². The van der Waals surface area contributed by atoms with Gasteiger partial charge in [0.25, 0.3) is 11.5 Å². The molecule has 1 aromatic heterocycles. The number of carbonyl (C=O) groups is 1. The highest BCUT2D eigenvalue weighted by molar-refractivity contribution is 6.02. The highest BCUT2D eigenvalue weighted by Crippen LogP contribution is 2.54. The molecule has 1 N–H and O–H groups in total. The van der Waals surface area contributed by atoms with Gasteiger partial charge in [0.05, 0.1) is 11.2 Å². The molecule has 0 atom stereocenters. The van der Waals surface area contributed by atoms with E-state index >= 15 is 0 Å². The number of carbonyl (C=O) groups excluding carboxylic acids is 1. The molecule has 4 rings (SSSR count). The van der Waals surface area contributed by atoms with Gasteiger partial charge < -0.3 is 14.8 Å². The lowest BCUT2D eigenvalue weighted by Crippen LogP contribution is -2.36. The molecule has 6 heteroatoms. The Hall–Kier alpha value is -2.81. The van der Waals surface area contributed by atoms with Crippen molar-refractivity contribution in [3.05, 3.63) is 39.7 Å². The zero-order chi connectivity index (χ0) is 18.5. The zero-order valence-corrected chi connectivity index (χ0v) is 15.1. The van der Waals surface area contributed by atoms with Crippen molar-refractivity contribution in [3.63, 3.8) is 0 Å². The van der Waals surface area contributed by atoms with Crippen LogP contribution in [0.3, 0.4) is 0 Å². The van der Waals surface area contributed by atoms with E-state index in [1.807, 2.05) is 0 Å². The SMILES string of the molecule is CN(C)C(=O)c1ccc2[nH]c(=O)c(C#N)c(N3CCC4(CC3)CC4)c2c1. The molecule has 1 aromatic carbocycles. The molecule has 2 fully saturated rings. The summed E-state index contributed by atoms with van der Waals surface area (Å²) in [5.74, 6) is -0.0989. The second-order valence-corrected chi connectivity index (χ2v) is 7.74. The van der Waals surface area contributed by atoms with E-state index in [1.165, 1.54) is 17.7 Å². The number of H-pyrrole nitrogens is 1. The second kappa shape index (κ2) is 5.87. The summed E-state index contributed by atoms with van der Waals surface area (Å²) in [6, 6.07) is 7.35. The first-order valence-electron chi connectivity index (χ1n) is 9.01. The van der Waals surface area contributed by atoms with Gasteiger partial charge in [-0.3, -0.25) is 9.59 Å². The van der Waals surface area contributed by atoms with E-state index in [9.17, 15) is 14.9 Å². The minimum absolute atomic E-state index is 0.0989. The number of aromatic nitrogens is 1. The van der Waals surface area contributed by atoms with E-state index in [-0.39, 0.29) is 17.0 Å². The summed E-state index contributed by atoms with van der Waals surface area (Å²) < 4.78 is 0. The predicted octanol–water partition coefficient (Wildman–Crippen LogP) is 2.48. The number of hydrogen-bond donors (Lipinski definition) is 1. The number of fused-ring (bicyclic) bond motifs is 1. The summed E-state index contributed by atoms with van der Waals surface area (Å²) in [5, 5.41) is 10.4. The van der Waals surface area contributed by atoms with Crippen molar-refractivity contribution in [1.29, 1.82) is 5.26 Å². The average Bonchev–Trinajstić information content (AvgIpc) is 3.39. The van der Waals surface area contributed by atoms with Gasteiger partial charge in [0.1, 0.15) is 11.6 Å². The lowest BCUT2D eigenvalue weighted by atomic mass is 9.92. The van der Waals surface area contributed by atoms with E-state index in [1.54, 1.807) is 32.3 Å². The predicted molar refractivity (Wildman–Crippen MR) is 100 cm³/mol. The maximum absolute atomic E-state index is 12.4. The fraction of sp³-hybridized carbons (Fsp3) is 0.450. The first-order valence-corrected chi connectivity index (χ1v) is 9.01. The molecule has 0 bridgehead atoms. The van der Waals surface area contributed by atoms with Gasteiger partial charge >= 0.3 is 0 Å². The summed E-state index contributed by atoms with van der Waals surface area (Å²) in [6.45, 7) is 1.69. The number of aromatic amines is 1. The molecule has 6 nitrogen and oxygen atoms in total. The number of anilines is 1. The van der Waals surface area contributed by atoms with Crippen LogP contribution in [0, 0.1) is 16.7 Å². The Bertz CT molecular complexity index is 985. The molecule has 1 amide bonds. The van der Waals surface area contributed by atoms with Crippen molar-refractivity contribution < 1.29 is 4.79 Å². The first kappa shape index (κ1) is 16.6. The Morgan fingerprint density at radius 1 is 1.23 bits per heavy atom. The number of nitriles is 1. The van der Waals surface area contributed by atoms with Gasteiger partial charge in [0.2, 0.25) is 0 Å². The van der Waals surface area contributed by atoms with Crippen LogP contribution < -0.4 is 10.5 Å². The molecular formula is C20H22N4O2. The molecule has 1 saturated carbocycles. The van der Waals surface area contributed by atoms with Crippen molar-refractivity contribution >= 4 is 22.5 Å². The summed E-state index contributed by atoms with van der Waals surface area (Å²) in [4.78, 5) is 31.2. The average molecular weight is 350 g/mol. The molecule has 1 aliphatic carbocycles. The van der Waals surface area contributed by atoms with Crippen LogP contribution in [-0.2, 0) is 0 Å². The fourth-order valence-corrected chi connectivity index (χ4v) is 3.98. The lowest BCUT2D eigenvalue weighted by molar-refractivity contribution is 0.0828. The molecule has 134 valence electrons. The second-order valence-electron chi connectivity index (χ2n) is 7.74. The molecule has 1 aliphatic heterocycles. The van der Waals surface area contributed by atoms with Crippen LogP contribution in [0.5, 0.6) is 0 Å². The normalized spacial score (nSPS) is 18.0. The van der Waals surface area contributed by atoms with Gasteiger partial charge in [0, 0.05) is 38.1 Å². The first-order chi connectivity index (χ1) is 12.4. The van der Waals surface area contributed by atoms with E-state index in [0.717, 1.165) is 31.3 Å². The van der Waals surface area contributed by atoms with Gasteiger partial charge in [-0.1, -0.05) is 0 Å².